The van der Waals surface area contributed by atoms with Gasteiger partial charge in [-0.3, -0.25) is 9.59 Å². The highest BCUT2D eigenvalue weighted by atomic mass is 35.5. The molecule has 0 saturated carbocycles. The summed E-state index contributed by atoms with van der Waals surface area (Å²) in [6, 6.07) is 0. The Kier molecular flexibility index (Phi) is 3.71. The molecular formula is C8H13ClO3. The Morgan fingerprint density at radius 2 is 1.75 bits per heavy atom. The Morgan fingerprint density at radius 1 is 1.33 bits per heavy atom. The van der Waals surface area contributed by atoms with E-state index in [0.29, 0.717) is 0 Å². The molecule has 4 heteroatoms. The summed E-state index contributed by atoms with van der Waals surface area (Å²) in [6.45, 7) is 6.58. The van der Waals surface area contributed by atoms with Crippen LogP contribution in [-0.4, -0.2) is 17.3 Å². The van der Waals surface area contributed by atoms with Gasteiger partial charge in [-0.15, -0.1) is 0 Å². The van der Waals surface area contributed by atoms with Crippen LogP contribution in [0.2, 0.25) is 0 Å². The Hall–Kier alpha value is -0.570. The van der Waals surface area contributed by atoms with E-state index in [1.807, 2.05) is 0 Å². The molecule has 0 spiro atoms. The van der Waals surface area contributed by atoms with Crippen molar-refractivity contribution < 1.29 is 14.3 Å². The maximum absolute atomic E-state index is 10.8. The van der Waals surface area contributed by atoms with Crippen molar-refractivity contribution in [1.82, 2.24) is 0 Å². The van der Waals surface area contributed by atoms with Crippen molar-refractivity contribution in [2.24, 2.45) is 5.41 Å². The van der Waals surface area contributed by atoms with Crippen LogP contribution in [0.4, 0.5) is 0 Å². The first-order valence-electron chi connectivity index (χ1n) is 3.61. The van der Waals surface area contributed by atoms with Crippen LogP contribution in [0.3, 0.4) is 0 Å². The average molecular weight is 193 g/mol. The van der Waals surface area contributed by atoms with Crippen LogP contribution in [0.15, 0.2) is 0 Å². The van der Waals surface area contributed by atoms with Gasteiger partial charge in [0.1, 0.15) is 0 Å². The second kappa shape index (κ2) is 3.90. The van der Waals surface area contributed by atoms with E-state index in [0.717, 1.165) is 0 Å². The summed E-state index contributed by atoms with van der Waals surface area (Å²) < 4.78 is 4.76. The summed E-state index contributed by atoms with van der Waals surface area (Å²) in [7, 11) is 0. The van der Waals surface area contributed by atoms with E-state index in [1.165, 1.54) is 6.92 Å². The van der Waals surface area contributed by atoms with Gasteiger partial charge in [-0.25, -0.2) is 0 Å². The number of carbonyl (C=O) groups excluding carboxylic acids is 2. The quantitative estimate of drug-likeness (QED) is 0.494. The maximum Gasteiger partial charge on any atom is 0.303 e. The van der Waals surface area contributed by atoms with Crippen molar-refractivity contribution in [3.8, 4) is 0 Å². The lowest BCUT2D eigenvalue weighted by Gasteiger charge is -2.26. The number of esters is 1. The maximum atomic E-state index is 10.8. The molecule has 0 aliphatic carbocycles. The molecule has 0 aliphatic rings. The fraction of sp³-hybridized carbons (Fsp3) is 0.750. The van der Waals surface area contributed by atoms with Gasteiger partial charge >= 0.3 is 5.97 Å². The highest BCUT2D eigenvalue weighted by Crippen LogP contribution is 2.24. The molecule has 1 atom stereocenters. The summed E-state index contributed by atoms with van der Waals surface area (Å²) in [5, 5.41) is -0.641. The molecule has 12 heavy (non-hydrogen) atoms. The zero-order valence-electron chi connectivity index (χ0n) is 7.68. The SMILES string of the molecule is CC(=O)OC(C(=O)Cl)C(C)(C)C. The largest absolute Gasteiger partial charge is 0.453 e. The standard InChI is InChI=1S/C8H13ClO3/c1-5(10)12-6(7(9)11)8(2,3)4/h6H,1-4H3. The van der Waals surface area contributed by atoms with E-state index >= 15 is 0 Å². The van der Waals surface area contributed by atoms with Crippen molar-refractivity contribution in [2.75, 3.05) is 0 Å². The number of hydrogen-bond donors (Lipinski definition) is 0. The van der Waals surface area contributed by atoms with Gasteiger partial charge in [0.15, 0.2) is 6.10 Å². The van der Waals surface area contributed by atoms with E-state index < -0.39 is 22.7 Å². The fourth-order valence-electron chi connectivity index (χ4n) is 0.730. The Morgan fingerprint density at radius 3 is 1.83 bits per heavy atom. The first kappa shape index (κ1) is 11.4. The molecule has 3 nitrogen and oxygen atoms in total. The molecule has 0 aromatic heterocycles. The van der Waals surface area contributed by atoms with Gasteiger partial charge in [-0.1, -0.05) is 20.8 Å². The lowest BCUT2D eigenvalue weighted by atomic mass is 9.90. The van der Waals surface area contributed by atoms with Crippen molar-refractivity contribution >= 4 is 22.8 Å². The lowest BCUT2D eigenvalue weighted by molar-refractivity contribution is -0.156. The smallest absolute Gasteiger partial charge is 0.303 e. The molecule has 0 amide bonds. The highest BCUT2D eigenvalue weighted by molar-refractivity contribution is 6.64. The molecule has 70 valence electrons. The van der Waals surface area contributed by atoms with Crippen LogP contribution < -0.4 is 0 Å². The number of carbonyl (C=O) groups is 2. The fourth-order valence-corrected chi connectivity index (χ4v) is 1.10. The minimum Gasteiger partial charge on any atom is -0.453 e. The molecule has 0 heterocycles. The van der Waals surface area contributed by atoms with Gasteiger partial charge in [-0.05, 0) is 11.6 Å². The van der Waals surface area contributed by atoms with E-state index in [4.69, 9.17) is 16.3 Å². The zero-order chi connectivity index (χ0) is 9.94. The van der Waals surface area contributed by atoms with Crippen LogP contribution in [0.25, 0.3) is 0 Å². The summed E-state index contributed by atoms with van der Waals surface area (Å²) >= 11 is 5.26. The first-order chi connectivity index (χ1) is 5.25. The van der Waals surface area contributed by atoms with E-state index in [2.05, 4.69) is 0 Å². The minimum atomic E-state index is -0.864. The van der Waals surface area contributed by atoms with Gasteiger partial charge < -0.3 is 4.74 Å². The summed E-state index contributed by atoms with van der Waals surface area (Å²) in [5.74, 6) is -0.496. The topological polar surface area (TPSA) is 43.4 Å². The summed E-state index contributed by atoms with van der Waals surface area (Å²) in [6.07, 6.45) is -0.864. The summed E-state index contributed by atoms with van der Waals surface area (Å²) in [5.41, 5.74) is -0.454. The third kappa shape index (κ3) is 3.72. The summed E-state index contributed by atoms with van der Waals surface area (Å²) in [4.78, 5) is 21.4. The molecule has 0 N–H and O–H groups in total. The number of halogens is 1. The lowest BCUT2D eigenvalue weighted by Crippen LogP contribution is -2.35. The molecule has 0 aliphatic heterocycles. The van der Waals surface area contributed by atoms with Gasteiger partial charge in [-0.2, -0.15) is 0 Å². The molecular weight excluding hydrogens is 180 g/mol. The zero-order valence-corrected chi connectivity index (χ0v) is 8.44. The first-order valence-corrected chi connectivity index (χ1v) is 3.99. The van der Waals surface area contributed by atoms with E-state index in [9.17, 15) is 9.59 Å². The second-order valence-electron chi connectivity index (χ2n) is 3.66. The van der Waals surface area contributed by atoms with Crippen LogP contribution in [0, 0.1) is 5.41 Å². The van der Waals surface area contributed by atoms with Crippen LogP contribution in [0.1, 0.15) is 27.7 Å². The molecule has 0 saturated heterocycles. The second-order valence-corrected chi connectivity index (χ2v) is 4.03. The number of ether oxygens (including phenoxy) is 1. The molecule has 0 aromatic rings. The monoisotopic (exact) mass is 192 g/mol. The van der Waals surface area contributed by atoms with Crippen LogP contribution in [0.5, 0.6) is 0 Å². The van der Waals surface area contributed by atoms with Gasteiger partial charge in [0.05, 0.1) is 0 Å². The molecule has 0 radical (unpaired) electrons. The van der Waals surface area contributed by atoms with E-state index in [1.54, 1.807) is 20.8 Å². The molecule has 0 fully saturated rings. The average Bonchev–Trinajstić information content (AvgIpc) is 1.79. The van der Waals surface area contributed by atoms with Gasteiger partial charge in [0, 0.05) is 12.3 Å². The van der Waals surface area contributed by atoms with Gasteiger partial charge in [0.25, 0.3) is 5.24 Å². The normalized spacial score (nSPS) is 13.8. The third-order valence-corrected chi connectivity index (χ3v) is 1.47. The van der Waals surface area contributed by atoms with Crippen LogP contribution in [-0.2, 0) is 14.3 Å². The van der Waals surface area contributed by atoms with Crippen molar-refractivity contribution in [1.29, 1.82) is 0 Å². The number of rotatable bonds is 2. The molecule has 0 bridgehead atoms. The molecule has 0 rings (SSSR count). The van der Waals surface area contributed by atoms with Gasteiger partial charge in [0.2, 0.25) is 0 Å². The molecule has 1 unspecified atom stereocenters. The predicted octanol–water partition coefficient (Wildman–Crippen LogP) is 1.73. The minimum absolute atomic E-state index is 0.454. The number of hydrogen-bond acceptors (Lipinski definition) is 3. The third-order valence-electron chi connectivity index (χ3n) is 1.28. The van der Waals surface area contributed by atoms with Crippen molar-refractivity contribution in [3.63, 3.8) is 0 Å². The highest BCUT2D eigenvalue weighted by Gasteiger charge is 2.32. The molecule has 0 aromatic carbocycles. The Balaban J connectivity index is 4.46. The predicted molar refractivity (Wildman–Crippen MR) is 45.9 cm³/mol. The van der Waals surface area contributed by atoms with E-state index in [-0.39, 0.29) is 0 Å². The Bertz CT molecular complexity index is 193. The Labute approximate surface area is 77.0 Å². The van der Waals surface area contributed by atoms with Crippen LogP contribution >= 0.6 is 11.6 Å². The van der Waals surface area contributed by atoms with Crippen molar-refractivity contribution in [3.05, 3.63) is 0 Å². The van der Waals surface area contributed by atoms with Crippen molar-refractivity contribution in [2.45, 2.75) is 33.8 Å².